The molecule has 15 heteroatoms. The van der Waals surface area contributed by atoms with Gasteiger partial charge >= 0.3 is 0 Å². The minimum Gasteiger partial charge on any atom is -0.507 e. The molecule has 0 radical (unpaired) electrons. The molecule has 3 aromatic rings. The van der Waals surface area contributed by atoms with E-state index in [1.807, 2.05) is 0 Å². The van der Waals surface area contributed by atoms with Gasteiger partial charge in [-0.3, -0.25) is 4.79 Å². The number of phenols is 4. The fourth-order valence-electron chi connectivity index (χ4n) is 5.39. The van der Waals surface area contributed by atoms with Crippen LogP contribution in [0.2, 0.25) is 0 Å². The van der Waals surface area contributed by atoms with Gasteiger partial charge in [-0.15, -0.1) is 0 Å². The standard InChI is InChI=1S/C27H30O15/c1-7-17(32)21(36)23(38)26(40-7)15-19(34)14-11(31)5-12(8-2-3-9(29)10(30)4-8)41-25(14)16(20(15)35)27-24(39)22(37)18(33)13(6-28)42-27/h2-5,7,13,17-18,21-24,26-30,32-39H,6H2,1H3/t7-,13?,17-,18?,21+,22?,23+,24?,26-,27?/m0/s1. The smallest absolute Gasteiger partial charge is 0.197 e. The predicted molar refractivity (Wildman–Crippen MR) is 139 cm³/mol. The van der Waals surface area contributed by atoms with Crippen LogP contribution in [0.3, 0.4) is 0 Å². The number of hydrogen-bond acceptors (Lipinski definition) is 15. The van der Waals surface area contributed by atoms with Crippen molar-refractivity contribution in [1.82, 2.24) is 0 Å². The third-order valence-corrected chi connectivity index (χ3v) is 7.77. The molecule has 10 atom stereocenters. The molecule has 0 aliphatic carbocycles. The lowest BCUT2D eigenvalue weighted by atomic mass is 9.85. The Kier molecular flexibility index (Phi) is 7.82. The Balaban J connectivity index is 1.83. The fourth-order valence-corrected chi connectivity index (χ4v) is 5.39. The van der Waals surface area contributed by atoms with Gasteiger partial charge in [-0.05, 0) is 25.1 Å². The number of benzene rings is 2. The van der Waals surface area contributed by atoms with Crippen molar-refractivity contribution in [3.8, 4) is 34.3 Å². The lowest BCUT2D eigenvalue weighted by Crippen LogP contribution is -2.55. The third-order valence-electron chi connectivity index (χ3n) is 7.77. The largest absolute Gasteiger partial charge is 0.507 e. The summed E-state index contributed by atoms with van der Waals surface area (Å²) in [6.45, 7) is 0.493. The van der Waals surface area contributed by atoms with Crippen molar-refractivity contribution in [2.75, 3.05) is 6.61 Å². The number of hydrogen-bond donors (Lipinski definition) is 11. The van der Waals surface area contributed by atoms with Gasteiger partial charge in [0, 0.05) is 11.6 Å². The molecule has 2 saturated heterocycles. The molecule has 5 rings (SSSR count). The van der Waals surface area contributed by atoms with Crippen molar-refractivity contribution >= 4 is 11.0 Å². The van der Waals surface area contributed by atoms with E-state index >= 15 is 0 Å². The number of rotatable bonds is 4. The molecule has 5 unspecified atom stereocenters. The maximum atomic E-state index is 13.5. The Morgan fingerprint density at radius 1 is 0.714 bits per heavy atom. The Bertz CT molecular complexity index is 1550. The first-order chi connectivity index (χ1) is 19.8. The maximum absolute atomic E-state index is 13.5. The first kappa shape index (κ1) is 30.0. The van der Waals surface area contributed by atoms with Crippen LogP contribution < -0.4 is 5.43 Å². The highest BCUT2D eigenvalue weighted by Gasteiger charge is 2.49. The molecule has 0 amide bonds. The van der Waals surface area contributed by atoms with E-state index in [4.69, 9.17) is 13.9 Å². The van der Waals surface area contributed by atoms with E-state index in [9.17, 15) is 61.0 Å². The van der Waals surface area contributed by atoms with Crippen LogP contribution in [0.15, 0.2) is 33.5 Å². The molecule has 42 heavy (non-hydrogen) atoms. The molecule has 0 saturated carbocycles. The first-order valence-electron chi connectivity index (χ1n) is 12.9. The predicted octanol–water partition coefficient (Wildman–Crippen LogP) is -1.66. The molecule has 2 aromatic carbocycles. The maximum Gasteiger partial charge on any atom is 0.197 e. The van der Waals surface area contributed by atoms with Crippen molar-refractivity contribution in [2.24, 2.45) is 0 Å². The van der Waals surface area contributed by atoms with Crippen LogP contribution in [0.5, 0.6) is 23.0 Å². The number of aliphatic hydroxyl groups excluding tert-OH is 7. The van der Waals surface area contributed by atoms with E-state index in [2.05, 4.69) is 0 Å². The fraction of sp³-hybridized carbons (Fsp3) is 0.444. The molecule has 2 aliphatic heterocycles. The van der Waals surface area contributed by atoms with Crippen molar-refractivity contribution in [3.05, 3.63) is 45.6 Å². The molecule has 3 heterocycles. The Labute approximate surface area is 235 Å². The number of phenolic OH excluding ortho intramolecular Hbond substituents is 4. The molecule has 2 aliphatic rings. The van der Waals surface area contributed by atoms with E-state index in [1.165, 1.54) is 13.0 Å². The van der Waals surface area contributed by atoms with Crippen LogP contribution in [-0.4, -0.2) is 112 Å². The Morgan fingerprint density at radius 3 is 1.95 bits per heavy atom. The molecule has 0 spiro atoms. The zero-order valence-electron chi connectivity index (χ0n) is 21.8. The van der Waals surface area contributed by atoms with Crippen LogP contribution in [0, 0.1) is 0 Å². The van der Waals surface area contributed by atoms with Gasteiger partial charge in [0.1, 0.15) is 77.6 Å². The minimum atomic E-state index is -2.01. The first-order valence-corrected chi connectivity index (χ1v) is 12.9. The zero-order valence-corrected chi connectivity index (χ0v) is 21.8. The monoisotopic (exact) mass is 594 g/mol. The molecule has 0 bridgehead atoms. The average Bonchev–Trinajstić information content (AvgIpc) is 2.95. The van der Waals surface area contributed by atoms with Crippen LogP contribution in [-0.2, 0) is 9.47 Å². The average molecular weight is 595 g/mol. The summed E-state index contributed by atoms with van der Waals surface area (Å²) in [5.41, 5.74) is -2.69. The van der Waals surface area contributed by atoms with Gasteiger partial charge in [-0.25, -0.2) is 0 Å². The third kappa shape index (κ3) is 4.64. The number of aliphatic hydroxyl groups is 7. The zero-order chi connectivity index (χ0) is 30.8. The summed E-state index contributed by atoms with van der Waals surface area (Å²) in [5, 5.41) is 114. The molecule has 15 nitrogen and oxygen atoms in total. The van der Waals surface area contributed by atoms with E-state index in [0.29, 0.717) is 0 Å². The van der Waals surface area contributed by atoms with Crippen molar-refractivity contribution in [1.29, 1.82) is 0 Å². The summed E-state index contributed by atoms with van der Waals surface area (Å²) < 4.78 is 17.1. The SMILES string of the molecule is C[C@@H]1O[C@@H](c2c(O)c(C3OC(CO)C(O)C(O)C3O)c3oc(-c4ccc(O)c(O)c4)cc(=O)c3c2O)[C@H](O)[C@H](O)[C@H]1O. The lowest BCUT2D eigenvalue weighted by Gasteiger charge is -2.42. The molecule has 11 N–H and O–H groups in total. The van der Waals surface area contributed by atoms with Crippen molar-refractivity contribution < 1.29 is 70.1 Å². The molecular weight excluding hydrogens is 564 g/mol. The van der Waals surface area contributed by atoms with Gasteiger partial charge in [-0.2, -0.15) is 0 Å². The van der Waals surface area contributed by atoms with E-state index in [1.54, 1.807) is 0 Å². The molecule has 2 fully saturated rings. The van der Waals surface area contributed by atoms with Crippen LogP contribution in [0.25, 0.3) is 22.3 Å². The van der Waals surface area contributed by atoms with E-state index in [-0.39, 0.29) is 11.3 Å². The lowest BCUT2D eigenvalue weighted by molar-refractivity contribution is -0.232. The van der Waals surface area contributed by atoms with Gasteiger partial charge in [0.15, 0.2) is 22.5 Å². The summed E-state index contributed by atoms with van der Waals surface area (Å²) in [6, 6.07) is 4.35. The second kappa shape index (κ2) is 11.0. The van der Waals surface area contributed by atoms with Crippen molar-refractivity contribution in [2.45, 2.75) is 68.0 Å². The quantitative estimate of drug-likeness (QED) is 0.151. The number of aromatic hydroxyl groups is 4. The normalized spacial score (nSPS) is 33.6. The van der Waals surface area contributed by atoms with Gasteiger partial charge in [0.05, 0.1) is 23.8 Å². The molecule has 1 aromatic heterocycles. The van der Waals surface area contributed by atoms with Gasteiger partial charge in [-0.1, -0.05) is 0 Å². The molecule has 228 valence electrons. The Morgan fingerprint density at radius 2 is 1.33 bits per heavy atom. The van der Waals surface area contributed by atoms with Gasteiger partial charge in [0.25, 0.3) is 0 Å². The van der Waals surface area contributed by atoms with Crippen molar-refractivity contribution in [3.63, 3.8) is 0 Å². The van der Waals surface area contributed by atoms with E-state index in [0.717, 1.165) is 18.2 Å². The highest BCUT2D eigenvalue weighted by atomic mass is 16.5. The van der Waals surface area contributed by atoms with E-state index < -0.39 is 118 Å². The second-order valence-electron chi connectivity index (χ2n) is 10.4. The second-order valence-corrected chi connectivity index (χ2v) is 10.4. The minimum absolute atomic E-state index is 0.0593. The summed E-state index contributed by atoms with van der Waals surface area (Å²) in [4.78, 5) is 13.5. The van der Waals surface area contributed by atoms with Gasteiger partial charge in [0.2, 0.25) is 0 Å². The summed E-state index contributed by atoms with van der Waals surface area (Å²) in [6.07, 6.45) is -17.3. The summed E-state index contributed by atoms with van der Waals surface area (Å²) in [7, 11) is 0. The number of ether oxygens (including phenoxy) is 2. The summed E-state index contributed by atoms with van der Waals surface area (Å²) in [5.74, 6) is -3.22. The molecular formula is C27H30O15. The van der Waals surface area contributed by atoms with Crippen LogP contribution >= 0.6 is 0 Å². The topological polar surface area (TPSA) is 271 Å². The number of fused-ring (bicyclic) bond motifs is 1. The highest BCUT2D eigenvalue weighted by molar-refractivity contribution is 5.92. The summed E-state index contributed by atoms with van der Waals surface area (Å²) >= 11 is 0. The Hall–Kier alpha value is -3.51. The van der Waals surface area contributed by atoms with Crippen LogP contribution in [0.1, 0.15) is 30.3 Å². The van der Waals surface area contributed by atoms with Gasteiger partial charge < -0.3 is 70.1 Å². The van der Waals surface area contributed by atoms with Crippen LogP contribution in [0.4, 0.5) is 0 Å². The highest BCUT2D eigenvalue weighted by Crippen LogP contribution is 2.51.